The highest BCUT2D eigenvalue weighted by Crippen LogP contribution is 2.21. The molecule has 1 aliphatic carbocycles. The lowest BCUT2D eigenvalue weighted by molar-refractivity contribution is 0.0940. The molecule has 88 valence electrons. The van der Waals surface area contributed by atoms with Gasteiger partial charge in [-0.15, -0.1) is 0 Å². The van der Waals surface area contributed by atoms with E-state index in [4.69, 9.17) is 4.74 Å². The van der Waals surface area contributed by atoms with Crippen LogP contribution in [0.2, 0.25) is 0 Å². The smallest absolute Gasteiger partial charge is 0.0772 e. The van der Waals surface area contributed by atoms with Crippen LogP contribution in [-0.2, 0) is 4.74 Å². The molecule has 0 saturated heterocycles. The van der Waals surface area contributed by atoms with Gasteiger partial charge >= 0.3 is 0 Å². The topological polar surface area (TPSA) is 29.5 Å². The Hall–Kier alpha value is -0.340. The first-order valence-corrected chi connectivity index (χ1v) is 6.29. The molecular weight excluding hydrogens is 188 g/mol. The minimum Gasteiger partial charge on any atom is -0.389 e. The van der Waals surface area contributed by atoms with Crippen LogP contribution in [-0.4, -0.2) is 24.4 Å². The van der Waals surface area contributed by atoms with E-state index in [0.717, 1.165) is 32.3 Å². The Labute approximate surface area is 93.3 Å². The average Bonchev–Trinajstić information content (AvgIpc) is 2.52. The molecule has 1 N–H and O–H groups in total. The van der Waals surface area contributed by atoms with Crippen molar-refractivity contribution in [2.24, 2.45) is 0 Å². The van der Waals surface area contributed by atoms with Gasteiger partial charge in [0.2, 0.25) is 0 Å². The number of aliphatic hydroxyl groups excluding tert-OH is 1. The molecule has 1 rings (SSSR count). The second-order valence-corrected chi connectivity index (χ2v) is 4.30. The highest BCUT2D eigenvalue weighted by molar-refractivity contribution is 5.09. The van der Waals surface area contributed by atoms with Gasteiger partial charge < -0.3 is 9.84 Å². The third kappa shape index (κ3) is 5.33. The van der Waals surface area contributed by atoms with Gasteiger partial charge in [-0.2, -0.15) is 0 Å². The van der Waals surface area contributed by atoms with E-state index in [-0.39, 0.29) is 6.10 Å². The number of hydrogen-bond donors (Lipinski definition) is 1. The van der Waals surface area contributed by atoms with E-state index in [1.54, 1.807) is 0 Å². The molecule has 1 atom stereocenters. The summed E-state index contributed by atoms with van der Waals surface area (Å²) >= 11 is 0. The first kappa shape index (κ1) is 12.7. The van der Waals surface area contributed by atoms with Gasteiger partial charge in [-0.25, -0.2) is 0 Å². The molecular formula is C13H24O2. The van der Waals surface area contributed by atoms with E-state index in [1.165, 1.54) is 24.8 Å². The fraction of sp³-hybridized carbons (Fsp3) is 0.846. The molecule has 1 unspecified atom stereocenters. The molecule has 0 fully saturated rings. The number of aliphatic hydroxyl groups is 1. The largest absolute Gasteiger partial charge is 0.389 e. The third-order valence-corrected chi connectivity index (χ3v) is 2.89. The molecule has 1 aliphatic rings. The summed E-state index contributed by atoms with van der Waals surface area (Å²) in [4.78, 5) is 0. The Kier molecular flexibility index (Phi) is 6.69. The molecule has 0 heterocycles. The summed E-state index contributed by atoms with van der Waals surface area (Å²) in [6, 6.07) is 0. The fourth-order valence-corrected chi connectivity index (χ4v) is 1.97. The van der Waals surface area contributed by atoms with Gasteiger partial charge in [0.05, 0.1) is 6.10 Å². The fourth-order valence-electron chi connectivity index (χ4n) is 1.97. The van der Waals surface area contributed by atoms with E-state index in [0.29, 0.717) is 6.61 Å². The van der Waals surface area contributed by atoms with Crippen LogP contribution in [0.25, 0.3) is 0 Å². The summed E-state index contributed by atoms with van der Waals surface area (Å²) in [6.45, 7) is 3.60. The van der Waals surface area contributed by atoms with E-state index in [9.17, 15) is 5.11 Å². The number of allylic oxidation sites excluding steroid dienone is 1. The van der Waals surface area contributed by atoms with Crippen LogP contribution >= 0.6 is 0 Å². The van der Waals surface area contributed by atoms with E-state index in [2.05, 4.69) is 13.0 Å². The Morgan fingerprint density at radius 2 is 2.20 bits per heavy atom. The average molecular weight is 212 g/mol. The van der Waals surface area contributed by atoms with E-state index < -0.39 is 0 Å². The van der Waals surface area contributed by atoms with E-state index in [1.807, 2.05) is 0 Å². The molecule has 0 aromatic heterocycles. The number of rotatable bonds is 6. The van der Waals surface area contributed by atoms with Crippen LogP contribution in [0.5, 0.6) is 0 Å². The van der Waals surface area contributed by atoms with Gasteiger partial charge in [-0.3, -0.25) is 0 Å². The molecule has 0 aromatic rings. The van der Waals surface area contributed by atoms with Crippen LogP contribution in [0.3, 0.4) is 0 Å². The van der Waals surface area contributed by atoms with Crippen molar-refractivity contribution < 1.29 is 9.84 Å². The number of ether oxygens (including phenoxy) is 1. The molecule has 0 aromatic carbocycles. The van der Waals surface area contributed by atoms with Crippen LogP contribution in [0, 0.1) is 0 Å². The van der Waals surface area contributed by atoms with Crippen molar-refractivity contribution in [1.29, 1.82) is 0 Å². The molecule has 0 spiro atoms. The molecule has 15 heavy (non-hydrogen) atoms. The van der Waals surface area contributed by atoms with Gasteiger partial charge in [-0.05, 0) is 37.7 Å². The zero-order chi connectivity index (χ0) is 10.9. The van der Waals surface area contributed by atoms with Gasteiger partial charge in [0.25, 0.3) is 0 Å². The highest BCUT2D eigenvalue weighted by Gasteiger charge is 2.12. The lowest BCUT2D eigenvalue weighted by Gasteiger charge is -2.14. The Bertz CT molecular complexity index is 187. The molecule has 0 amide bonds. The minimum atomic E-state index is -0.264. The molecule has 0 radical (unpaired) electrons. The zero-order valence-electron chi connectivity index (χ0n) is 9.87. The lowest BCUT2D eigenvalue weighted by Crippen LogP contribution is -2.13. The van der Waals surface area contributed by atoms with Crippen molar-refractivity contribution >= 4 is 0 Å². The van der Waals surface area contributed by atoms with Crippen LogP contribution in [0.4, 0.5) is 0 Å². The number of hydrogen-bond acceptors (Lipinski definition) is 2. The third-order valence-electron chi connectivity index (χ3n) is 2.89. The summed E-state index contributed by atoms with van der Waals surface area (Å²) in [5, 5.41) is 9.95. The monoisotopic (exact) mass is 212 g/mol. The predicted molar refractivity (Wildman–Crippen MR) is 62.9 cm³/mol. The van der Waals surface area contributed by atoms with Crippen molar-refractivity contribution in [3.05, 3.63) is 11.6 Å². The van der Waals surface area contributed by atoms with E-state index >= 15 is 0 Å². The second kappa shape index (κ2) is 7.89. The summed E-state index contributed by atoms with van der Waals surface area (Å²) in [6.07, 6.45) is 9.82. The van der Waals surface area contributed by atoms with Crippen molar-refractivity contribution in [2.75, 3.05) is 13.2 Å². The Morgan fingerprint density at radius 1 is 1.33 bits per heavy atom. The van der Waals surface area contributed by atoms with Gasteiger partial charge in [0.15, 0.2) is 0 Å². The van der Waals surface area contributed by atoms with Gasteiger partial charge in [-0.1, -0.05) is 19.4 Å². The first-order chi connectivity index (χ1) is 7.34. The van der Waals surface area contributed by atoms with Crippen LogP contribution < -0.4 is 0 Å². The Morgan fingerprint density at radius 3 is 3.00 bits per heavy atom. The summed E-state index contributed by atoms with van der Waals surface area (Å²) in [7, 11) is 0. The maximum absolute atomic E-state index is 9.95. The van der Waals surface area contributed by atoms with Crippen LogP contribution in [0.15, 0.2) is 11.6 Å². The maximum Gasteiger partial charge on any atom is 0.0772 e. The standard InChI is InChI=1S/C13H24O2/c1-2-10-15-11-9-13(14)12-7-5-3-4-6-8-12/h7,13-14H,2-6,8-11H2,1H3. The zero-order valence-corrected chi connectivity index (χ0v) is 9.87. The molecule has 2 nitrogen and oxygen atoms in total. The first-order valence-electron chi connectivity index (χ1n) is 6.29. The second-order valence-electron chi connectivity index (χ2n) is 4.30. The van der Waals surface area contributed by atoms with Gasteiger partial charge in [0, 0.05) is 19.6 Å². The quantitative estimate of drug-likeness (QED) is 0.541. The minimum absolute atomic E-state index is 0.264. The molecule has 2 heteroatoms. The Balaban J connectivity index is 2.19. The molecule has 0 aliphatic heterocycles. The lowest BCUT2D eigenvalue weighted by atomic mass is 10.0. The normalized spacial score (nSPS) is 19.5. The molecule has 0 bridgehead atoms. The van der Waals surface area contributed by atoms with Crippen molar-refractivity contribution in [2.45, 2.75) is 58.0 Å². The summed E-state index contributed by atoms with van der Waals surface area (Å²) in [5.74, 6) is 0. The van der Waals surface area contributed by atoms with Crippen LogP contribution in [0.1, 0.15) is 51.9 Å². The van der Waals surface area contributed by atoms with Crippen molar-refractivity contribution in [3.63, 3.8) is 0 Å². The van der Waals surface area contributed by atoms with Gasteiger partial charge in [0.1, 0.15) is 0 Å². The summed E-state index contributed by atoms with van der Waals surface area (Å²) in [5.41, 5.74) is 1.24. The van der Waals surface area contributed by atoms with Crippen molar-refractivity contribution in [3.8, 4) is 0 Å². The summed E-state index contributed by atoms with van der Waals surface area (Å²) < 4.78 is 5.39. The maximum atomic E-state index is 9.95. The highest BCUT2D eigenvalue weighted by atomic mass is 16.5. The van der Waals surface area contributed by atoms with Crippen molar-refractivity contribution in [1.82, 2.24) is 0 Å². The predicted octanol–water partition coefficient (Wildman–Crippen LogP) is 3.05. The SMILES string of the molecule is CCCOCCC(O)C1=CCCCCC1. The molecule has 0 saturated carbocycles.